The summed E-state index contributed by atoms with van der Waals surface area (Å²) in [5, 5.41) is 3.28. The Bertz CT molecular complexity index is 1420. The Morgan fingerprint density at radius 2 is 1.97 bits per heavy atom. The van der Waals surface area contributed by atoms with Crippen molar-refractivity contribution < 1.29 is 13.5 Å². The zero-order valence-corrected chi connectivity index (χ0v) is 19.8. The molecule has 2 N–H and O–H groups in total. The molecule has 0 atom stereocenters. The predicted molar refractivity (Wildman–Crippen MR) is 134 cm³/mol. The van der Waals surface area contributed by atoms with Crippen molar-refractivity contribution in [1.82, 2.24) is 24.1 Å². The number of hydrogen-bond acceptors (Lipinski definition) is 8. The fraction of sp³-hybridized carbons (Fsp3) is 0.160. The molecule has 0 aliphatic heterocycles. The molecule has 0 aliphatic rings. The van der Waals surface area contributed by atoms with E-state index >= 15 is 0 Å². The van der Waals surface area contributed by atoms with Crippen molar-refractivity contribution in [3.8, 4) is 28.4 Å². The molecule has 0 saturated heterocycles. The third kappa shape index (κ3) is 5.13. The van der Waals surface area contributed by atoms with Crippen molar-refractivity contribution in [3.05, 3.63) is 79.1 Å². The van der Waals surface area contributed by atoms with Gasteiger partial charge in [0, 0.05) is 35.9 Å². The lowest BCUT2D eigenvalue weighted by molar-refractivity contribution is 0.387. The van der Waals surface area contributed by atoms with Crippen LogP contribution >= 0.6 is 11.9 Å². The highest BCUT2D eigenvalue weighted by Gasteiger charge is 2.20. The van der Waals surface area contributed by atoms with E-state index < -0.39 is 5.82 Å². The van der Waals surface area contributed by atoms with E-state index in [-0.39, 0.29) is 5.75 Å². The molecule has 3 aromatic heterocycles. The van der Waals surface area contributed by atoms with Crippen molar-refractivity contribution in [2.45, 2.75) is 11.3 Å². The Balaban J connectivity index is 1.31. The average Bonchev–Trinajstić information content (AvgIpc) is 3.49. The van der Waals surface area contributed by atoms with Gasteiger partial charge in [-0.3, -0.25) is 9.12 Å². The van der Waals surface area contributed by atoms with Gasteiger partial charge in [0.2, 0.25) is 5.95 Å². The number of halogens is 1. The Kier molecular flexibility index (Phi) is 6.92. The molecular weight excluding hydrogens is 467 g/mol. The summed E-state index contributed by atoms with van der Waals surface area (Å²) in [7, 11) is 1.43. The van der Waals surface area contributed by atoms with Gasteiger partial charge in [0.1, 0.15) is 17.7 Å². The van der Waals surface area contributed by atoms with Gasteiger partial charge in [0.05, 0.1) is 12.8 Å². The van der Waals surface area contributed by atoms with Gasteiger partial charge in [-0.2, -0.15) is 4.98 Å². The molecule has 35 heavy (non-hydrogen) atoms. The molecule has 2 aromatic carbocycles. The molecule has 0 radical (unpaired) electrons. The molecule has 5 rings (SSSR count). The summed E-state index contributed by atoms with van der Waals surface area (Å²) in [5.74, 6) is 0.626. The number of hydrogen-bond donors (Lipinski definition) is 2. The third-order valence-corrected chi connectivity index (χ3v) is 6.11. The summed E-state index contributed by atoms with van der Waals surface area (Å²) in [6.07, 6.45) is 5.92. The molecule has 0 saturated carbocycles. The molecule has 10 heteroatoms. The van der Waals surface area contributed by atoms with Gasteiger partial charge in [-0.05, 0) is 54.8 Å². The minimum Gasteiger partial charge on any atom is -0.494 e. The molecule has 3 heterocycles. The monoisotopic (exact) mass is 490 g/mol. The first-order valence-electron chi connectivity index (χ1n) is 11.0. The number of anilines is 1. The number of nitrogens with zero attached hydrogens (tertiary/aromatic N) is 4. The summed E-state index contributed by atoms with van der Waals surface area (Å²) < 4.78 is 29.8. The summed E-state index contributed by atoms with van der Waals surface area (Å²) in [4.78, 5) is 14.8. The second-order valence-electron chi connectivity index (χ2n) is 7.57. The molecule has 0 spiro atoms. The highest BCUT2D eigenvalue weighted by Crippen LogP contribution is 2.34. The van der Waals surface area contributed by atoms with E-state index in [4.69, 9.17) is 14.1 Å². The van der Waals surface area contributed by atoms with E-state index in [1.165, 1.54) is 18.1 Å². The van der Waals surface area contributed by atoms with Gasteiger partial charge < -0.3 is 14.5 Å². The Hall–Kier alpha value is -3.89. The zero-order chi connectivity index (χ0) is 24.0. The number of fused-ring (bicyclic) bond motifs is 1. The third-order valence-electron chi connectivity index (χ3n) is 5.26. The van der Waals surface area contributed by atoms with Crippen molar-refractivity contribution in [2.24, 2.45) is 0 Å². The van der Waals surface area contributed by atoms with Gasteiger partial charge in [0.25, 0.3) is 0 Å². The van der Waals surface area contributed by atoms with E-state index in [9.17, 15) is 4.39 Å². The quantitative estimate of drug-likeness (QED) is 0.201. The van der Waals surface area contributed by atoms with Gasteiger partial charge in [-0.25, -0.2) is 14.4 Å². The number of aromatic nitrogens is 4. The van der Waals surface area contributed by atoms with Crippen LogP contribution in [0.5, 0.6) is 5.75 Å². The Labute approximate surface area is 205 Å². The molecule has 0 amide bonds. The highest BCUT2D eigenvalue weighted by atomic mass is 32.2. The predicted octanol–water partition coefficient (Wildman–Crippen LogP) is 5.30. The van der Waals surface area contributed by atoms with E-state index in [1.807, 2.05) is 28.7 Å². The van der Waals surface area contributed by atoms with Crippen LogP contribution in [0.3, 0.4) is 0 Å². The number of nitrogens with one attached hydrogen (secondary N) is 2. The first-order chi connectivity index (χ1) is 17.2. The van der Waals surface area contributed by atoms with Crippen LogP contribution < -0.4 is 14.8 Å². The van der Waals surface area contributed by atoms with Crippen molar-refractivity contribution in [1.29, 1.82) is 0 Å². The maximum atomic E-state index is 14.0. The van der Waals surface area contributed by atoms with Crippen LogP contribution in [0.25, 0.3) is 28.5 Å². The van der Waals surface area contributed by atoms with Crippen LogP contribution in [0.1, 0.15) is 6.42 Å². The molecule has 0 fully saturated rings. The van der Waals surface area contributed by atoms with Crippen LogP contribution in [-0.4, -0.2) is 39.6 Å². The summed E-state index contributed by atoms with van der Waals surface area (Å²) in [6, 6.07) is 16.6. The Morgan fingerprint density at radius 3 is 2.83 bits per heavy atom. The number of methoxy groups -OCH3 is 1. The van der Waals surface area contributed by atoms with Gasteiger partial charge in [0.15, 0.2) is 11.6 Å². The number of rotatable bonds is 10. The normalized spacial score (nSPS) is 11.1. The topological polar surface area (TPSA) is 89.5 Å². The van der Waals surface area contributed by atoms with Gasteiger partial charge in [-0.1, -0.05) is 18.2 Å². The van der Waals surface area contributed by atoms with E-state index in [0.717, 1.165) is 13.0 Å². The smallest absolute Gasteiger partial charge is 0.306 e. The second-order valence-corrected chi connectivity index (χ2v) is 8.53. The molecule has 0 bridgehead atoms. The molecule has 5 aromatic rings. The SMILES string of the molecule is COc1cc(-c2nc3occn3c2-c2ccnc(NCCCNSc3ccccc3)n2)ccc1F. The van der Waals surface area contributed by atoms with Crippen molar-refractivity contribution in [3.63, 3.8) is 0 Å². The van der Waals surface area contributed by atoms with Crippen LogP contribution in [-0.2, 0) is 0 Å². The summed E-state index contributed by atoms with van der Waals surface area (Å²) >= 11 is 1.61. The molecule has 8 nitrogen and oxygen atoms in total. The number of imidazole rings is 1. The maximum absolute atomic E-state index is 14.0. The van der Waals surface area contributed by atoms with E-state index in [1.54, 1.807) is 42.7 Å². The summed E-state index contributed by atoms with van der Waals surface area (Å²) in [6.45, 7) is 1.54. The summed E-state index contributed by atoms with van der Waals surface area (Å²) in [5.41, 5.74) is 2.67. The Morgan fingerprint density at radius 1 is 1.09 bits per heavy atom. The molecule has 0 unspecified atom stereocenters. The first kappa shape index (κ1) is 22.9. The van der Waals surface area contributed by atoms with E-state index in [0.29, 0.717) is 41.0 Å². The number of benzene rings is 2. The second kappa shape index (κ2) is 10.6. The lowest BCUT2D eigenvalue weighted by Gasteiger charge is -2.09. The van der Waals surface area contributed by atoms with Crippen molar-refractivity contribution >= 4 is 23.7 Å². The average molecular weight is 491 g/mol. The molecular formula is C25H23FN6O2S. The van der Waals surface area contributed by atoms with Gasteiger partial charge in [-0.15, -0.1) is 0 Å². The number of ether oxygens (including phenoxy) is 1. The molecule has 178 valence electrons. The van der Waals surface area contributed by atoms with E-state index in [2.05, 4.69) is 32.1 Å². The van der Waals surface area contributed by atoms with Crippen molar-refractivity contribution in [2.75, 3.05) is 25.5 Å². The maximum Gasteiger partial charge on any atom is 0.306 e. The first-order valence-corrected chi connectivity index (χ1v) is 11.9. The number of oxazole rings is 1. The standard InChI is InChI=1S/C25H23FN6O2S/c1-33-21-16-17(8-9-19(21)26)22-23(32-14-15-34-25(32)31-22)20-10-13-28-24(30-20)27-11-5-12-29-35-18-6-3-2-4-7-18/h2-4,6-10,13-16,29H,5,11-12H2,1H3,(H,27,28,30). The highest BCUT2D eigenvalue weighted by molar-refractivity contribution is 7.97. The van der Waals surface area contributed by atoms with Crippen LogP contribution in [0.4, 0.5) is 10.3 Å². The van der Waals surface area contributed by atoms with Gasteiger partial charge >= 0.3 is 5.84 Å². The van der Waals surface area contributed by atoms with Crippen LogP contribution in [0, 0.1) is 5.82 Å². The molecule has 0 aliphatic carbocycles. The largest absolute Gasteiger partial charge is 0.494 e. The minimum absolute atomic E-state index is 0.141. The fourth-order valence-corrected chi connectivity index (χ4v) is 4.30. The lowest BCUT2D eigenvalue weighted by Crippen LogP contribution is -2.12. The lowest BCUT2D eigenvalue weighted by atomic mass is 10.1. The minimum atomic E-state index is -0.439. The zero-order valence-electron chi connectivity index (χ0n) is 18.9. The fourth-order valence-electron chi connectivity index (χ4n) is 3.60. The van der Waals surface area contributed by atoms with Crippen LogP contribution in [0.2, 0.25) is 0 Å². The van der Waals surface area contributed by atoms with Crippen LogP contribution in [0.15, 0.2) is 82.6 Å².